The molecule has 18 heavy (non-hydrogen) atoms. The third-order valence-electron chi connectivity index (χ3n) is 3.65. The highest BCUT2D eigenvalue weighted by Crippen LogP contribution is 1.98. The number of rotatable bonds is 6. The first-order valence-electron chi connectivity index (χ1n) is 6.83. The van der Waals surface area contributed by atoms with Gasteiger partial charge in [0.2, 0.25) is 0 Å². The van der Waals surface area contributed by atoms with Gasteiger partial charge < -0.3 is 14.8 Å². The van der Waals surface area contributed by atoms with Crippen LogP contribution in [0.3, 0.4) is 0 Å². The molecule has 102 valence electrons. The van der Waals surface area contributed by atoms with Crippen LogP contribution >= 0.6 is 0 Å². The van der Waals surface area contributed by atoms with Gasteiger partial charge in [0.15, 0.2) is 0 Å². The normalized spacial score (nSPS) is 17.5. The number of imidazole rings is 1. The van der Waals surface area contributed by atoms with Crippen LogP contribution in [0.1, 0.15) is 5.82 Å². The number of piperazine rings is 1. The van der Waals surface area contributed by atoms with Gasteiger partial charge in [-0.2, -0.15) is 0 Å². The van der Waals surface area contributed by atoms with E-state index in [-0.39, 0.29) is 0 Å². The molecule has 0 unspecified atom stereocenters. The molecule has 5 heteroatoms. The molecule has 5 nitrogen and oxygen atoms in total. The second kappa shape index (κ2) is 6.87. The Hall–Kier alpha value is -0.910. The summed E-state index contributed by atoms with van der Waals surface area (Å²) < 4.78 is 2.10. The van der Waals surface area contributed by atoms with Crippen LogP contribution in [0.5, 0.6) is 0 Å². The van der Waals surface area contributed by atoms with Crippen LogP contribution in [0.2, 0.25) is 0 Å². The smallest absolute Gasteiger partial charge is 0.109 e. The van der Waals surface area contributed by atoms with Crippen molar-refractivity contribution in [2.24, 2.45) is 7.05 Å². The zero-order chi connectivity index (χ0) is 12.8. The topological polar surface area (TPSA) is 36.3 Å². The molecule has 1 aliphatic rings. The van der Waals surface area contributed by atoms with E-state index in [1.54, 1.807) is 0 Å². The van der Waals surface area contributed by atoms with Gasteiger partial charge in [0.1, 0.15) is 5.82 Å². The van der Waals surface area contributed by atoms with Crippen LogP contribution < -0.4 is 5.32 Å². The molecule has 0 spiro atoms. The number of aromatic nitrogens is 2. The van der Waals surface area contributed by atoms with Crippen molar-refractivity contribution in [3.8, 4) is 0 Å². The second-order valence-electron chi connectivity index (χ2n) is 5.10. The first-order chi connectivity index (χ1) is 8.75. The Kier molecular flexibility index (Phi) is 5.16. The molecule has 1 fully saturated rings. The molecule has 0 radical (unpaired) electrons. The first kappa shape index (κ1) is 13.5. The highest BCUT2D eigenvalue weighted by molar-refractivity contribution is 4.91. The van der Waals surface area contributed by atoms with Crippen molar-refractivity contribution in [3.63, 3.8) is 0 Å². The predicted octanol–water partition coefficient (Wildman–Crippen LogP) is -0.200. The third kappa shape index (κ3) is 4.08. The molecule has 1 saturated heterocycles. The maximum atomic E-state index is 4.36. The summed E-state index contributed by atoms with van der Waals surface area (Å²) in [6.07, 6.45) is 4.91. The summed E-state index contributed by atoms with van der Waals surface area (Å²) >= 11 is 0. The van der Waals surface area contributed by atoms with E-state index >= 15 is 0 Å². The molecule has 0 atom stereocenters. The number of hydrogen-bond acceptors (Lipinski definition) is 4. The van der Waals surface area contributed by atoms with Crippen LogP contribution in [0.15, 0.2) is 12.4 Å². The number of likely N-dealkylation sites (N-methyl/N-ethyl adjacent to an activating group) is 1. The van der Waals surface area contributed by atoms with Gasteiger partial charge in [-0.3, -0.25) is 4.90 Å². The monoisotopic (exact) mass is 251 g/mol. The lowest BCUT2D eigenvalue weighted by Gasteiger charge is -2.29. The van der Waals surface area contributed by atoms with Gasteiger partial charge in [0, 0.05) is 71.7 Å². The van der Waals surface area contributed by atoms with Crippen LogP contribution in [0.4, 0.5) is 0 Å². The summed E-state index contributed by atoms with van der Waals surface area (Å²) in [4.78, 5) is 9.29. The molecule has 1 aromatic rings. The molecule has 2 rings (SSSR count). The molecule has 1 aliphatic heterocycles. The molecule has 0 aromatic carbocycles. The van der Waals surface area contributed by atoms with Crippen molar-refractivity contribution < 1.29 is 0 Å². The molecular weight excluding hydrogens is 226 g/mol. The Morgan fingerprint density at radius 3 is 2.78 bits per heavy atom. The third-order valence-corrected chi connectivity index (χ3v) is 3.65. The highest BCUT2D eigenvalue weighted by atomic mass is 15.2. The highest BCUT2D eigenvalue weighted by Gasteiger charge is 2.10. The van der Waals surface area contributed by atoms with Gasteiger partial charge in [0.05, 0.1) is 0 Å². The van der Waals surface area contributed by atoms with Crippen molar-refractivity contribution in [3.05, 3.63) is 18.2 Å². The van der Waals surface area contributed by atoms with E-state index in [4.69, 9.17) is 0 Å². The van der Waals surface area contributed by atoms with Crippen molar-refractivity contribution >= 4 is 0 Å². The van der Waals surface area contributed by atoms with Gasteiger partial charge in [0.25, 0.3) is 0 Å². The van der Waals surface area contributed by atoms with E-state index in [0.717, 1.165) is 32.6 Å². The minimum absolute atomic E-state index is 1.03. The fourth-order valence-corrected chi connectivity index (χ4v) is 2.29. The summed E-state index contributed by atoms with van der Waals surface area (Å²) in [5.41, 5.74) is 0. The maximum absolute atomic E-state index is 4.36. The fraction of sp³-hybridized carbons (Fsp3) is 0.769. The Labute approximate surface area is 110 Å². The minimum Gasteiger partial charge on any atom is -0.338 e. The summed E-state index contributed by atoms with van der Waals surface area (Å²) in [5.74, 6) is 1.17. The Bertz CT molecular complexity index is 343. The van der Waals surface area contributed by atoms with E-state index in [1.165, 1.54) is 25.5 Å². The minimum atomic E-state index is 1.03. The van der Waals surface area contributed by atoms with Gasteiger partial charge in [-0.1, -0.05) is 0 Å². The lowest BCUT2D eigenvalue weighted by molar-refractivity contribution is 0.205. The van der Waals surface area contributed by atoms with Crippen molar-refractivity contribution in [1.82, 2.24) is 24.7 Å². The second-order valence-corrected chi connectivity index (χ2v) is 5.10. The quantitative estimate of drug-likeness (QED) is 0.760. The lowest BCUT2D eigenvalue weighted by Crippen LogP contribution is -2.46. The van der Waals surface area contributed by atoms with Crippen LogP contribution in [-0.4, -0.2) is 72.2 Å². The lowest BCUT2D eigenvalue weighted by atomic mass is 10.3. The van der Waals surface area contributed by atoms with Gasteiger partial charge >= 0.3 is 0 Å². The molecule has 0 bridgehead atoms. The first-order valence-corrected chi connectivity index (χ1v) is 6.83. The SMILES string of the molecule is CN(CCc1nccn1C)CCN1CCNCC1. The summed E-state index contributed by atoms with van der Waals surface area (Å²) in [5, 5.41) is 3.39. The largest absolute Gasteiger partial charge is 0.338 e. The summed E-state index contributed by atoms with van der Waals surface area (Å²) in [7, 11) is 4.26. The van der Waals surface area contributed by atoms with Crippen molar-refractivity contribution in [1.29, 1.82) is 0 Å². The van der Waals surface area contributed by atoms with Gasteiger partial charge in [-0.25, -0.2) is 4.98 Å². The van der Waals surface area contributed by atoms with Crippen molar-refractivity contribution in [2.75, 3.05) is 52.9 Å². The zero-order valence-electron chi connectivity index (χ0n) is 11.6. The maximum Gasteiger partial charge on any atom is 0.109 e. The van der Waals surface area contributed by atoms with Crippen LogP contribution in [0.25, 0.3) is 0 Å². The molecule has 1 N–H and O–H groups in total. The average Bonchev–Trinajstić information content (AvgIpc) is 2.81. The van der Waals surface area contributed by atoms with Crippen LogP contribution in [-0.2, 0) is 13.5 Å². The van der Waals surface area contributed by atoms with E-state index in [1.807, 2.05) is 12.4 Å². The van der Waals surface area contributed by atoms with Gasteiger partial charge in [-0.05, 0) is 7.05 Å². The van der Waals surface area contributed by atoms with Crippen molar-refractivity contribution in [2.45, 2.75) is 6.42 Å². The van der Waals surface area contributed by atoms with E-state index in [0.29, 0.717) is 0 Å². The molecule has 0 aliphatic carbocycles. The predicted molar refractivity (Wildman–Crippen MR) is 73.7 cm³/mol. The molecule has 2 heterocycles. The number of aryl methyl sites for hydroxylation is 1. The number of nitrogens with zero attached hydrogens (tertiary/aromatic N) is 4. The molecule has 1 aromatic heterocycles. The Morgan fingerprint density at radius 2 is 2.11 bits per heavy atom. The zero-order valence-corrected chi connectivity index (χ0v) is 11.6. The average molecular weight is 251 g/mol. The summed E-state index contributed by atoms with van der Waals surface area (Å²) in [6.45, 7) is 8.05. The Balaban J connectivity index is 1.62. The number of nitrogens with one attached hydrogen (secondary N) is 1. The van der Waals surface area contributed by atoms with E-state index in [2.05, 4.69) is 38.8 Å². The number of hydrogen-bond donors (Lipinski definition) is 1. The van der Waals surface area contributed by atoms with E-state index in [9.17, 15) is 0 Å². The Morgan fingerprint density at radius 1 is 1.33 bits per heavy atom. The fourth-order valence-electron chi connectivity index (χ4n) is 2.29. The summed E-state index contributed by atoms with van der Waals surface area (Å²) in [6, 6.07) is 0. The van der Waals surface area contributed by atoms with Crippen LogP contribution in [0, 0.1) is 0 Å². The van der Waals surface area contributed by atoms with E-state index < -0.39 is 0 Å². The molecular formula is C13H25N5. The molecule has 0 amide bonds. The van der Waals surface area contributed by atoms with Gasteiger partial charge in [-0.15, -0.1) is 0 Å². The standard InChI is InChI=1S/C13H25N5/c1-16(7-3-13-15-6-8-17(13)2)11-12-18-9-4-14-5-10-18/h6,8,14H,3-5,7,9-12H2,1-2H3. The molecule has 0 saturated carbocycles.